The molecule has 8 heteroatoms. The fourth-order valence-electron chi connectivity index (χ4n) is 2.43. The summed E-state index contributed by atoms with van der Waals surface area (Å²) in [5.41, 5.74) is 3.30. The van der Waals surface area contributed by atoms with Gasteiger partial charge in [-0.1, -0.05) is 17.7 Å². The summed E-state index contributed by atoms with van der Waals surface area (Å²) in [7, 11) is 7.45. The van der Waals surface area contributed by atoms with Gasteiger partial charge in [0, 0.05) is 32.1 Å². The average molecular weight is 489 g/mol. The number of ether oxygens (including phenoxy) is 1. The number of anilines is 1. The number of rotatable bonds is 6. The quantitative estimate of drug-likeness (QED) is 0.369. The van der Waals surface area contributed by atoms with Gasteiger partial charge >= 0.3 is 0 Å². The van der Waals surface area contributed by atoms with E-state index in [0.29, 0.717) is 6.54 Å². The van der Waals surface area contributed by atoms with Gasteiger partial charge in [-0.15, -0.1) is 35.3 Å². The van der Waals surface area contributed by atoms with Crippen molar-refractivity contribution in [3.8, 4) is 5.75 Å². The zero-order chi connectivity index (χ0) is 18.4. The molecule has 0 aliphatic heterocycles. The zero-order valence-electron chi connectivity index (χ0n) is 16.2. The number of aryl methyl sites for hydroxylation is 1. The van der Waals surface area contributed by atoms with Gasteiger partial charge in [0.15, 0.2) is 11.1 Å². The number of hydrogen-bond donors (Lipinski definition) is 2. The molecule has 1 heterocycles. The third-order valence-electron chi connectivity index (χ3n) is 3.79. The van der Waals surface area contributed by atoms with Crippen molar-refractivity contribution in [2.24, 2.45) is 4.99 Å². The molecule has 1 unspecified atom stereocenters. The first kappa shape index (κ1) is 22.5. The Hall–Kier alpha value is -1.55. The molecule has 1 aromatic carbocycles. The number of aliphatic imine (C=N–C) groups is 1. The van der Waals surface area contributed by atoms with E-state index in [1.54, 1.807) is 25.5 Å². The molecule has 6 nitrogen and oxygen atoms in total. The molecule has 0 spiro atoms. The topological polar surface area (TPSA) is 61.8 Å². The van der Waals surface area contributed by atoms with Gasteiger partial charge in [0.2, 0.25) is 0 Å². The van der Waals surface area contributed by atoms with Gasteiger partial charge in [0.1, 0.15) is 5.75 Å². The normalized spacial score (nSPS) is 12.2. The van der Waals surface area contributed by atoms with Crippen molar-refractivity contribution >= 4 is 46.4 Å². The molecular weight excluding hydrogens is 461 g/mol. The van der Waals surface area contributed by atoms with Crippen molar-refractivity contribution in [3.05, 3.63) is 40.4 Å². The number of guanidine groups is 1. The molecule has 2 aromatic rings. The first-order valence-electron chi connectivity index (χ1n) is 8.18. The maximum absolute atomic E-state index is 5.48. The van der Waals surface area contributed by atoms with Gasteiger partial charge in [-0.3, -0.25) is 4.99 Å². The molecular formula is C18H28IN5OS. The molecule has 0 bridgehead atoms. The number of nitrogens with zero attached hydrogens (tertiary/aromatic N) is 3. The van der Waals surface area contributed by atoms with Crippen LogP contribution in [0.25, 0.3) is 0 Å². The van der Waals surface area contributed by atoms with Crippen molar-refractivity contribution in [2.75, 3.05) is 33.2 Å². The molecule has 0 saturated carbocycles. The first-order valence-corrected chi connectivity index (χ1v) is 9.06. The Kier molecular flexibility index (Phi) is 9.14. The standard InChI is InChI=1S/C18H27N5OS.HI/c1-12-7-8-16(24-6)15(9-12)13(2)21-17(19-3)20-10-14-11-25-18(22-14)23(4)5;/h7-9,11,13H,10H2,1-6H3,(H2,19,20,21);1H. The summed E-state index contributed by atoms with van der Waals surface area (Å²) in [5, 5.41) is 9.78. The summed E-state index contributed by atoms with van der Waals surface area (Å²) in [4.78, 5) is 10.9. The van der Waals surface area contributed by atoms with E-state index >= 15 is 0 Å². The third kappa shape index (κ3) is 6.01. The Labute approximate surface area is 177 Å². The van der Waals surface area contributed by atoms with Crippen LogP contribution in [0.5, 0.6) is 5.75 Å². The van der Waals surface area contributed by atoms with E-state index in [1.165, 1.54) is 5.56 Å². The van der Waals surface area contributed by atoms with E-state index in [-0.39, 0.29) is 30.0 Å². The molecule has 144 valence electrons. The number of hydrogen-bond acceptors (Lipinski definition) is 5. The molecule has 1 aromatic heterocycles. The molecule has 2 rings (SSSR count). The summed E-state index contributed by atoms with van der Waals surface area (Å²) >= 11 is 1.63. The lowest BCUT2D eigenvalue weighted by atomic mass is 10.0. The minimum Gasteiger partial charge on any atom is -0.496 e. The Morgan fingerprint density at radius 1 is 1.38 bits per heavy atom. The van der Waals surface area contributed by atoms with E-state index in [4.69, 9.17) is 4.74 Å². The number of benzene rings is 1. The number of thiazole rings is 1. The van der Waals surface area contributed by atoms with Gasteiger partial charge in [-0.2, -0.15) is 0 Å². The highest BCUT2D eigenvalue weighted by Gasteiger charge is 2.13. The Morgan fingerprint density at radius 2 is 2.12 bits per heavy atom. The van der Waals surface area contributed by atoms with Gasteiger partial charge in [0.25, 0.3) is 0 Å². The maximum Gasteiger partial charge on any atom is 0.191 e. The second-order valence-electron chi connectivity index (χ2n) is 6.05. The van der Waals surface area contributed by atoms with Crippen molar-refractivity contribution < 1.29 is 4.74 Å². The van der Waals surface area contributed by atoms with Crippen molar-refractivity contribution in [2.45, 2.75) is 26.4 Å². The predicted molar refractivity (Wildman–Crippen MR) is 121 cm³/mol. The molecule has 0 radical (unpaired) electrons. The van der Waals surface area contributed by atoms with Gasteiger partial charge in [0.05, 0.1) is 25.4 Å². The van der Waals surface area contributed by atoms with Crippen LogP contribution in [0.15, 0.2) is 28.6 Å². The van der Waals surface area contributed by atoms with Crippen LogP contribution in [0.3, 0.4) is 0 Å². The number of methoxy groups -OCH3 is 1. The summed E-state index contributed by atoms with van der Waals surface area (Å²) in [6.45, 7) is 4.80. The van der Waals surface area contributed by atoms with Crippen molar-refractivity contribution in [1.82, 2.24) is 15.6 Å². The number of halogens is 1. The van der Waals surface area contributed by atoms with Gasteiger partial charge in [-0.25, -0.2) is 4.98 Å². The van der Waals surface area contributed by atoms with Crippen LogP contribution in [0.4, 0.5) is 5.13 Å². The molecule has 1 atom stereocenters. The smallest absolute Gasteiger partial charge is 0.191 e. The Morgan fingerprint density at radius 3 is 2.69 bits per heavy atom. The SMILES string of the molecule is CN=C(NCc1csc(N(C)C)n1)NC(C)c1cc(C)ccc1OC.I. The summed E-state index contributed by atoms with van der Waals surface area (Å²) in [5.74, 6) is 1.60. The summed E-state index contributed by atoms with van der Waals surface area (Å²) in [6, 6.07) is 6.24. The lowest BCUT2D eigenvalue weighted by Crippen LogP contribution is -2.38. The minimum absolute atomic E-state index is 0. The van der Waals surface area contributed by atoms with Crippen molar-refractivity contribution in [1.29, 1.82) is 0 Å². The van der Waals surface area contributed by atoms with E-state index < -0.39 is 0 Å². The van der Waals surface area contributed by atoms with E-state index in [9.17, 15) is 0 Å². The van der Waals surface area contributed by atoms with Crippen LogP contribution in [0.1, 0.15) is 29.8 Å². The lowest BCUT2D eigenvalue weighted by molar-refractivity contribution is 0.405. The van der Waals surface area contributed by atoms with Crippen LogP contribution in [0.2, 0.25) is 0 Å². The summed E-state index contributed by atoms with van der Waals surface area (Å²) in [6.07, 6.45) is 0. The highest BCUT2D eigenvalue weighted by molar-refractivity contribution is 14.0. The summed E-state index contributed by atoms with van der Waals surface area (Å²) < 4.78 is 5.48. The van der Waals surface area contributed by atoms with Crippen LogP contribution >= 0.6 is 35.3 Å². The minimum atomic E-state index is 0. The van der Waals surface area contributed by atoms with Crippen LogP contribution in [-0.2, 0) is 6.54 Å². The fourth-order valence-corrected chi connectivity index (χ4v) is 3.19. The lowest BCUT2D eigenvalue weighted by Gasteiger charge is -2.20. The molecule has 0 saturated heterocycles. The van der Waals surface area contributed by atoms with Gasteiger partial charge in [-0.05, 0) is 19.9 Å². The Bertz CT molecular complexity index is 732. The molecule has 2 N–H and O–H groups in total. The van der Waals surface area contributed by atoms with E-state index in [1.807, 2.05) is 31.1 Å². The van der Waals surface area contributed by atoms with Crippen LogP contribution < -0.4 is 20.3 Å². The highest BCUT2D eigenvalue weighted by Crippen LogP contribution is 2.26. The third-order valence-corrected chi connectivity index (χ3v) is 4.84. The Balaban J connectivity index is 0.00000338. The molecule has 0 aliphatic carbocycles. The molecule has 0 amide bonds. The number of aromatic nitrogens is 1. The predicted octanol–water partition coefficient (Wildman–Crippen LogP) is 3.57. The molecule has 0 fully saturated rings. The highest BCUT2D eigenvalue weighted by atomic mass is 127. The zero-order valence-corrected chi connectivity index (χ0v) is 19.3. The van der Waals surface area contributed by atoms with Crippen LogP contribution in [0, 0.1) is 6.92 Å². The fraction of sp³-hybridized carbons (Fsp3) is 0.444. The van der Waals surface area contributed by atoms with Crippen LogP contribution in [-0.4, -0.2) is 39.2 Å². The second-order valence-corrected chi connectivity index (χ2v) is 6.89. The second kappa shape index (κ2) is 10.6. The van der Waals surface area contributed by atoms with E-state index in [0.717, 1.165) is 28.1 Å². The average Bonchev–Trinajstić information content (AvgIpc) is 3.07. The monoisotopic (exact) mass is 489 g/mol. The molecule has 0 aliphatic rings. The van der Waals surface area contributed by atoms with Crippen molar-refractivity contribution in [3.63, 3.8) is 0 Å². The maximum atomic E-state index is 5.48. The molecule has 26 heavy (non-hydrogen) atoms. The van der Waals surface area contributed by atoms with E-state index in [2.05, 4.69) is 45.9 Å². The largest absolute Gasteiger partial charge is 0.496 e. The first-order chi connectivity index (χ1) is 11.9. The number of nitrogens with one attached hydrogen (secondary N) is 2. The van der Waals surface area contributed by atoms with Gasteiger partial charge < -0.3 is 20.3 Å².